The zero-order valence-electron chi connectivity index (χ0n) is 11.0. The number of aromatic nitrogens is 5. The van der Waals surface area contributed by atoms with Crippen molar-refractivity contribution in [1.29, 1.82) is 0 Å². The molecule has 0 N–H and O–H groups in total. The van der Waals surface area contributed by atoms with Crippen LogP contribution in [0.5, 0.6) is 0 Å². The van der Waals surface area contributed by atoms with E-state index in [2.05, 4.69) is 15.2 Å². The van der Waals surface area contributed by atoms with Gasteiger partial charge in [-0.05, 0) is 30.3 Å². The largest absolute Gasteiger partial charge is 0.307 e. The van der Waals surface area contributed by atoms with E-state index in [1.165, 1.54) is 0 Å². The number of hydrogen-bond donors (Lipinski definition) is 0. The molecule has 21 heavy (non-hydrogen) atoms. The molecule has 4 rings (SSSR count). The summed E-state index contributed by atoms with van der Waals surface area (Å²) in [4.78, 5) is 16.6. The molecule has 0 aliphatic heterocycles. The molecule has 0 fully saturated rings. The van der Waals surface area contributed by atoms with E-state index >= 15 is 0 Å². The van der Waals surface area contributed by atoms with Gasteiger partial charge in [-0.3, -0.25) is 14.2 Å². The SMILES string of the molecule is O=c1c2cccnc2ccn1Cc1nnc2ccccn12. The van der Waals surface area contributed by atoms with Crippen LogP contribution in [0, 0.1) is 0 Å². The number of nitrogens with zero attached hydrogens (tertiary/aromatic N) is 5. The van der Waals surface area contributed by atoms with Crippen molar-refractivity contribution in [3.05, 3.63) is 71.2 Å². The molecular formula is C15H11N5O. The fourth-order valence-corrected chi connectivity index (χ4v) is 2.39. The molecule has 0 spiro atoms. The molecule has 0 atom stereocenters. The Bertz CT molecular complexity index is 1000. The molecule has 102 valence electrons. The standard InChI is InChI=1S/C15H11N5O/c21-15-11-4-3-7-16-12(11)6-9-19(15)10-14-18-17-13-5-1-2-8-20(13)14/h1-9H,10H2. The van der Waals surface area contributed by atoms with E-state index in [0.29, 0.717) is 17.4 Å². The Balaban J connectivity index is 1.84. The van der Waals surface area contributed by atoms with E-state index < -0.39 is 0 Å². The molecule has 0 saturated carbocycles. The van der Waals surface area contributed by atoms with Crippen molar-refractivity contribution in [3.63, 3.8) is 0 Å². The van der Waals surface area contributed by atoms with Crippen molar-refractivity contribution in [2.75, 3.05) is 0 Å². The summed E-state index contributed by atoms with van der Waals surface area (Å²) in [5, 5.41) is 8.85. The molecular weight excluding hydrogens is 266 g/mol. The first kappa shape index (κ1) is 11.8. The van der Waals surface area contributed by atoms with Crippen LogP contribution < -0.4 is 5.56 Å². The van der Waals surface area contributed by atoms with Gasteiger partial charge >= 0.3 is 0 Å². The monoisotopic (exact) mass is 277 g/mol. The number of hydrogen-bond acceptors (Lipinski definition) is 4. The molecule has 4 aromatic rings. The van der Waals surface area contributed by atoms with Gasteiger partial charge in [0, 0.05) is 18.6 Å². The van der Waals surface area contributed by atoms with Crippen LogP contribution >= 0.6 is 0 Å². The van der Waals surface area contributed by atoms with Gasteiger partial charge in [-0.25, -0.2) is 0 Å². The molecule has 0 saturated heterocycles. The predicted molar refractivity (Wildman–Crippen MR) is 78.1 cm³/mol. The Morgan fingerprint density at radius 3 is 2.90 bits per heavy atom. The zero-order valence-corrected chi connectivity index (χ0v) is 11.0. The Kier molecular flexibility index (Phi) is 2.53. The highest BCUT2D eigenvalue weighted by Crippen LogP contribution is 2.07. The summed E-state index contributed by atoms with van der Waals surface area (Å²) < 4.78 is 3.49. The maximum Gasteiger partial charge on any atom is 0.260 e. The van der Waals surface area contributed by atoms with Gasteiger partial charge in [-0.2, -0.15) is 0 Å². The fraction of sp³-hybridized carbons (Fsp3) is 0.0667. The van der Waals surface area contributed by atoms with Gasteiger partial charge in [0.15, 0.2) is 11.5 Å². The van der Waals surface area contributed by atoms with Crippen LogP contribution in [0.15, 0.2) is 59.8 Å². The minimum absolute atomic E-state index is 0.0757. The van der Waals surface area contributed by atoms with Crippen molar-refractivity contribution in [1.82, 2.24) is 24.1 Å². The second-order valence-corrected chi connectivity index (χ2v) is 4.73. The molecule has 0 aromatic carbocycles. The maximum absolute atomic E-state index is 12.5. The predicted octanol–water partition coefficient (Wildman–Crippen LogP) is 1.49. The highest BCUT2D eigenvalue weighted by Gasteiger charge is 2.08. The van der Waals surface area contributed by atoms with E-state index in [0.717, 1.165) is 11.5 Å². The summed E-state index contributed by atoms with van der Waals surface area (Å²) in [6.45, 7) is 0.370. The molecule has 4 heterocycles. The lowest BCUT2D eigenvalue weighted by molar-refractivity contribution is 0.712. The fourth-order valence-electron chi connectivity index (χ4n) is 2.39. The summed E-state index contributed by atoms with van der Waals surface area (Å²) >= 11 is 0. The van der Waals surface area contributed by atoms with Gasteiger partial charge in [-0.15, -0.1) is 10.2 Å². The molecule has 0 unspecified atom stereocenters. The lowest BCUT2D eigenvalue weighted by Gasteiger charge is -2.05. The van der Waals surface area contributed by atoms with E-state index in [1.54, 1.807) is 29.1 Å². The van der Waals surface area contributed by atoms with Crippen LogP contribution in [0.4, 0.5) is 0 Å². The number of rotatable bonds is 2. The molecule has 0 radical (unpaired) electrons. The topological polar surface area (TPSA) is 65.1 Å². The average Bonchev–Trinajstić information content (AvgIpc) is 2.94. The normalized spacial score (nSPS) is 11.2. The van der Waals surface area contributed by atoms with Crippen molar-refractivity contribution in [3.8, 4) is 0 Å². The Morgan fingerprint density at radius 2 is 1.95 bits per heavy atom. The average molecular weight is 277 g/mol. The van der Waals surface area contributed by atoms with Gasteiger partial charge in [0.1, 0.15) is 0 Å². The molecule has 0 bridgehead atoms. The summed E-state index contributed by atoms with van der Waals surface area (Å²) in [6.07, 6.45) is 5.30. The molecule has 6 nitrogen and oxygen atoms in total. The summed E-state index contributed by atoms with van der Waals surface area (Å²) in [5.41, 5.74) is 1.39. The van der Waals surface area contributed by atoms with Crippen molar-refractivity contribution in [2.45, 2.75) is 6.54 Å². The molecule has 4 aromatic heterocycles. The van der Waals surface area contributed by atoms with Gasteiger partial charge < -0.3 is 4.57 Å². The van der Waals surface area contributed by atoms with Gasteiger partial charge in [0.05, 0.1) is 17.4 Å². The van der Waals surface area contributed by atoms with Gasteiger partial charge in [-0.1, -0.05) is 6.07 Å². The second-order valence-electron chi connectivity index (χ2n) is 4.73. The minimum Gasteiger partial charge on any atom is -0.307 e. The van der Waals surface area contributed by atoms with E-state index in [4.69, 9.17) is 0 Å². The summed E-state index contributed by atoms with van der Waals surface area (Å²) in [6, 6.07) is 11.1. The molecule has 6 heteroatoms. The van der Waals surface area contributed by atoms with Crippen LogP contribution in [0.1, 0.15) is 5.82 Å². The second kappa shape index (κ2) is 4.52. The maximum atomic E-state index is 12.5. The first-order valence-electron chi connectivity index (χ1n) is 6.56. The zero-order chi connectivity index (χ0) is 14.2. The summed E-state index contributed by atoms with van der Waals surface area (Å²) in [5.74, 6) is 0.718. The van der Waals surface area contributed by atoms with Gasteiger partial charge in [0.25, 0.3) is 5.56 Å². The number of fused-ring (bicyclic) bond motifs is 2. The highest BCUT2D eigenvalue weighted by molar-refractivity contribution is 5.76. The van der Waals surface area contributed by atoms with Crippen LogP contribution in [0.2, 0.25) is 0 Å². The highest BCUT2D eigenvalue weighted by atomic mass is 16.1. The quantitative estimate of drug-likeness (QED) is 0.557. The Morgan fingerprint density at radius 1 is 1.00 bits per heavy atom. The molecule has 0 aliphatic carbocycles. The Hall–Kier alpha value is -3.02. The smallest absolute Gasteiger partial charge is 0.260 e. The minimum atomic E-state index is -0.0757. The Labute approximate surface area is 119 Å². The van der Waals surface area contributed by atoms with E-state index in [-0.39, 0.29) is 5.56 Å². The van der Waals surface area contributed by atoms with Crippen LogP contribution in [-0.2, 0) is 6.54 Å². The van der Waals surface area contributed by atoms with Crippen molar-refractivity contribution in [2.24, 2.45) is 0 Å². The third kappa shape index (κ3) is 1.88. The number of pyridine rings is 3. The van der Waals surface area contributed by atoms with Crippen molar-refractivity contribution < 1.29 is 0 Å². The third-order valence-corrected chi connectivity index (χ3v) is 3.44. The van der Waals surface area contributed by atoms with Crippen molar-refractivity contribution >= 4 is 16.6 Å². The van der Waals surface area contributed by atoms with Crippen LogP contribution in [0.25, 0.3) is 16.6 Å². The molecule has 0 aliphatic rings. The third-order valence-electron chi connectivity index (χ3n) is 3.44. The summed E-state index contributed by atoms with van der Waals surface area (Å²) in [7, 11) is 0. The van der Waals surface area contributed by atoms with E-state index in [9.17, 15) is 4.79 Å². The first-order chi connectivity index (χ1) is 10.3. The van der Waals surface area contributed by atoms with E-state index in [1.807, 2.05) is 34.9 Å². The lowest BCUT2D eigenvalue weighted by atomic mass is 10.2. The van der Waals surface area contributed by atoms with Gasteiger partial charge in [0.2, 0.25) is 0 Å². The molecule has 0 amide bonds. The first-order valence-corrected chi connectivity index (χ1v) is 6.56. The van der Waals surface area contributed by atoms with Crippen LogP contribution in [-0.4, -0.2) is 24.1 Å². The lowest BCUT2D eigenvalue weighted by Crippen LogP contribution is -2.21. The van der Waals surface area contributed by atoms with Crippen LogP contribution in [0.3, 0.4) is 0 Å².